The first-order valence-electron chi connectivity index (χ1n) is 9.15. The van der Waals surface area contributed by atoms with Gasteiger partial charge in [0.2, 0.25) is 0 Å². The molecule has 1 amide bonds. The fourth-order valence-electron chi connectivity index (χ4n) is 3.17. The monoisotopic (exact) mass is 411 g/mol. The van der Waals surface area contributed by atoms with E-state index in [-0.39, 0.29) is 5.91 Å². The van der Waals surface area contributed by atoms with Crippen LogP contribution in [-0.2, 0) is 6.54 Å². The number of carbonyl (C=O) groups excluding carboxylic acids is 2. The Hall–Kier alpha value is -3.16. The highest BCUT2D eigenvalue weighted by Crippen LogP contribution is 2.29. The van der Waals surface area contributed by atoms with Crippen LogP contribution in [0.2, 0.25) is 5.02 Å². The minimum absolute atomic E-state index is 0.293. The summed E-state index contributed by atoms with van der Waals surface area (Å²) in [5, 5.41) is 7.34. The number of anilines is 1. The molecule has 1 heterocycles. The molecule has 0 aliphatic heterocycles. The van der Waals surface area contributed by atoms with Crippen molar-refractivity contribution in [3.05, 3.63) is 58.7 Å². The smallest absolute Gasteiger partial charge is 0.255 e. The Bertz CT molecular complexity index is 1070. The summed E-state index contributed by atoms with van der Waals surface area (Å²) in [6.07, 6.45) is 2.85. The van der Waals surface area contributed by atoms with E-state index in [0.29, 0.717) is 34.2 Å². The lowest BCUT2D eigenvalue weighted by molar-refractivity contribution is 0.102. The maximum absolute atomic E-state index is 12.8. The van der Waals surface area contributed by atoms with E-state index in [4.69, 9.17) is 17.3 Å². The molecular weight excluding hydrogens is 390 g/mol. The molecule has 0 fully saturated rings. The van der Waals surface area contributed by atoms with Gasteiger partial charge in [-0.15, -0.1) is 0 Å². The normalized spacial score (nSPS) is 11.2. The quantitative estimate of drug-likeness (QED) is 0.228. The van der Waals surface area contributed by atoms with Gasteiger partial charge in [0, 0.05) is 28.0 Å². The lowest BCUT2D eigenvalue weighted by Crippen LogP contribution is -2.13. The number of nitrogens with zero attached hydrogens (tertiary/aromatic N) is 2. The zero-order valence-electron chi connectivity index (χ0n) is 16.0. The van der Waals surface area contributed by atoms with Crippen LogP contribution >= 0.6 is 11.6 Å². The van der Waals surface area contributed by atoms with Gasteiger partial charge in [-0.05, 0) is 56.4 Å². The highest BCUT2D eigenvalue weighted by Gasteiger charge is 2.14. The lowest BCUT2D eigenvalue weighted by atomic mass is 10.1. The van der Waals surface area contributed by atoms with Crippen molar-refractivity contribution >= 4 is 52.4 Å². The number of carbonyl (C=O) groups is 2. The molecule has 150 valence electrons. The summed E-state index contributed by atoms with van der Waals surface area (Å²) >= 11 is 5.99. The van der Waals surface area contributed by atoms with Crippen molar-refractivity contribution < 1.29 is 9.59 Å². The van der Waals surface area contributed by atoms with Crippen molar-refractivity contribution in [1.82, 2.24) is 9.88 Å². The number of hydrogen-bond donors (Lipinski definition) is 3. The zero-order chi connectivity index (χ0) is 20.8. The summed E-state index contributed by atoms with van der Waals surface area (Å²) < 4.78 is 1.93. The zero-order valence-corrected chi connectivity index (χ0v) is 16.7. The molecule has 1 aromatic heterocycles. The Labute approximate surface area is 173 Å². The molecule has 0 aliphatic carbocycles. The Balaban J connectivity index is 1.92. The molecule has 29 heavy (non-hydrogen) atoms. The van der Waals surface area contributed by atoms with Gasteiger partial charge in [-0.25, -0.2) is 4.99 Å². The van der Waals surface area contributed by atoms with E-state index in [1.54, 1.807) is 30.3 Å². The van der Waals surface area contributed by atoms with Gasteiger partial charge < -0.3 is 20.9 Å². The van der Waals surface area contributed by atoms with E-state index < -0.39 is 0 Å². The third-order valence-electron chi connectivity index (χ3n) is 4.55. The number of aliphatic imine (C=N–C) groups is 1. The Morgan fingerprint density at radius 1 is 1.24 bits per heavy atom. The number of aromatic nitrogens is 1. The number of benzene rings is 2. The summed E-state index contributed by atoms with van der Waals surface area (Å²) in [4.78, 5) is 28.3. The number of aryl methyl sites for hydroxylation is 1. The molecule has 0 atom stereocenters. The predicted octanol–water partition coefficient (Wildman–Crippen LogP) is 3.59. The number of nitrogens with two attached hydrogens (primary N) is 1. The summed E-state index contributed by atoms with van der Waals surface area (Å²) in [6, 6.07) is 12.1. The van der Waals surface area contributed by atoms with Crippen molar-refractivity contribution in [2.75, 3.05) is 18.9 Å². The minimum Gasteiger partial charge on any atom is -0.390 e. The molecule has 0 unspecified atom stereocenters. The second-order valence-electron chi connectivity index (χ2n) is 6.46. The molecule has 3 aromatic rings. The topological polar surface area (TPSA) is 102 Å². The van der Waals surface area contributed by atoms with Gasteiger partial charge >= 0.3 is 0 Å². The molecule has 0 saturated heterocycles. The van der Waals surface area contributed by atoms with Crippen molar-refractivity contribution in [3.8, 4) is 0 Å². The largest absolute Gasteiger partial charge is 0.390 e. The van der Waals surface area contributed by atoms with Gasteiger partial charge in [0.1, 0.15) is 0 Å². The van der Waals surface area contributed by atoms with Crippen LogP contribution in [0, 0.1) is 0 Å². The molecular formula is C21H22ClN5O2. The van der Waals surface area contributed by atoms with E-state index in [9.17, 15) is 9.59 Å². The van der Waals surface area contributed by atoms with Gasteiger partial charge in [-0.1, -0.05) is 17.7 Å². The van der Waals surface area contributed by atoms with Crippen molar-refractivity contribution in [1.29, 1.82) is 0 Å². The van der Waals surface area contributed by atoms with Gasteiger partial charge in [0.25, 0.3) is 5.91 Å². The molecule has 0 spiro atoms. The first kappa shape index (κ1) is 20.6. The van der Waals surface area contributed by atoms with Crippen molar-refractivity contribution in [2.24, 2.45) is 10.7 Å². The summed E-state index contributed by atoms with van der Waals surface area (Å²) in [5.41, 5.74) is 8.25. The Morgan fingerprint density at radius 2 is 2.07 bits per heavy atom. The fraction of sp³-hybridized carbons (Fsp3) is 0.190. The van der Waals surface area contributed by atoms with Crippen LogP contribution in [0.1, 0.15) is 27.3 Å². The first-order chi connectivity index (χ1) is 14.1. The van der Waals surface area contributed by atoms with Gasteiger partial charge in [-0.2, -0.15) is 0 Å². The molecule has 3 rings (SSSR count). The van der Waals surface area contributed by atoms with E-state index >= 15 is 0 Å². The standard InChI is InChI=1S/C21H22ClN5O2/c1-24-7-2-8-27-17(12-28)9-14-3-4-15(10-20(14)27)21(29)26-18-6-5-16(22)11-19(18)25-13-23/h3-6,9-13,24H,2,7-8H2,1H3,(H2,23,25)(H,26,29). The molecule has 2 aromatic carbocycles. The number of halogens is 1. The predicted molar refractivity (Wildman–Crippen MR) is 118 cm³/mol. The van der Waals surface area contributed by atoms with Crippen LogP contribution in [0.25, 0.3) is 10.9 Å². The first-order valence-corrected chi connectivity index (χ1v) is 9.53. The molecule has 0 aliphatic rings. The second-order valence-corrected chi connectivity index (χ2v) is 6.90. The van der Waals surface area contributed by atoms with E-state index in [2.05, 4.69) is 15.6 Å². The molecule has 7 nitrogen and oxygen atoms in total. The van der Waals surface area contributed by atoms with E-state index in [1.165, 1.54) is 0 Å². The second kappa shape index (κ2) is 9.36. The third kappa shape index (κ3) is 4.64. The average Bonchev–Trinajstić information content (AvgIpc) is 3.07. The van der Waals surface area contributed by atoms with Crippen LogP contribution in [-0.4, -0.2) is 36.7 Å². The summed E-state index contributed by atoms with van der Waals surface area (Å²) in [7, 11) is 1.89. The fourth-order valence-corrected chi connectivity index (χ4v) is 3.34. The van der Waals surface area contributed by atoms with Crippen LogP contribution in [0.15, 0.2) is 47.5 Å². The van der Waals surface area contributed by atoms with Gasteiger partial charge in [0.15, 0.2) is 6.29 Å². The van der Waals surface area contributed by atoms with E-state index in [0.717, 1.165) is 36.5 Å². The maximum atomic E-state index is 12.8. The minimum atomic E-state index is -0.293. The average molecular weight is 412 g/mol. The summed E-state index contributed by atoms with van der Waals surface area (Å²) in [5.74, 6) is -0.293. The van der Waals surface area contributed by atoms with Gasteiger partial charge in [-0.3, -0.25) is 9.59 Å². The third-order valence-corrected chi connectivity index (χ3v) is 4.78. The number of aldehydes is 1. The number of hydrogen-bond acceptors (Lipinski definition) is 4. The number of amides is 1. The van der Waals surface area contributed by atoms with Crippen LogP contribution < -0.4 is 16.4 Å². The van der Waals surface area contributed by atoms with Crippen LogP contribution in [0.4, 0.5) is 11.4 Å². The Morgan fingerprint density at radius 3 is 2.79 bits per heavy atom. The highest BCUT2D eigenvalue weighted by molar-refractivity contribution is 6.31. The molecule has 4 N–H and O–H groups in total. The SMILES string of the molecule is CNCCCn1c(C=O)cc2ccc(C(=O)Nc3ccc(Cl)cc3N=CN)cc21. The van der Waals surface area contributed by atoms with Crippen molar-refractivity contribution in [2.45, 2.75) is 13.0 Å². The molecule has 0 radical (unpaired) electrons. The van der Waals surface area contributed by atoms with Crippen LogP contribution in [0.5, 0.6) is 0 Å². The van der Waals surface area contributed by atoms with Gasteiger partial charge in [0.05, 0.1) is 23.4 Å². The molecule has 0 bridgehead atoms. The van der Waals surface area contributed by atoms with E-state index in [1.807, 2.05) is 23.7 Å². The Kier molecular flexibility index (Phi) is 6.64. The number of nitrogens with one attached hydrogen (secondary N) is 2. The number of rotatable bonds is 8. The number of fused-ring (bicyclic) bond motifs is 1. The molecule has 0 saturated carbocycles. The van der Waals surface area contributed by atoms with Crippen LogP contribution in [0.3, 0.4) is 0 Å². The molecule has 8 heteroatoms. The highest BCUT2D eigenvalue weighted by atomic mass is 35.5. The van der Waals surface area contributed by atoms with Crippen molar-refractivity contribution in [3.63, 3.8) is 0 Å². The maximum Gasteiger partial charge on any atom is 0.255 e. The lowest BCUT2D eigenvalue weighted by Gasteiger charge is -2.10. The summed E-state index contributed by atoms with van der Waals surface area (Å²) in [6.45, 7) is 1.51.